The lowest BCUT2D eigenvalue weighted by Crippen LogP contribution is -2.52. The van der Waals surface area contributed by atoms with Gasteiger partial charge in [-0.15, -0.1) is 0 Å². The molecule has 1 aromatic rings. The molecule has 1 atom stereocenters. The summed E-state index contributed by atoms with van der Waals surface area (Å²) in [5, 5.41) is 9.59. The van der Waals surface area contributed by atoms with Gasteiger partial charge in [0.2, 0.25) is 0 Å². The molecule has 0 radical (unpaired) electrons. The van der Waals surface area contributed by atoms with Gasteiger partial charge in [-0.1, -0.05) is 25.1 Å². The zero-order valence-electron chi connectivity index (χ0n) is 12.3. The number of carbonyl (C=O) groups excluding carboxylic acids is 1. The molecule has 3 N–H and O–H groups in total. The first-order valence-corrected chi connectivity index (χ1v) is 7.40. The first-order valence-electron chi connectivity index (χ1n) is 7.40. The van der Waals surface area contributed by atoms with E-state index in [0.717, 1.165) is 12.0 Å². The zero-order chi connectivity index (χ0) is 15.5. The summed E-state index contributed by atoms with van der Waals surface area (Å²) in [6.07, 6.45) is 2.28. The molecule has 0 spiro atoms. The van der Waals surface area contributed by atoms with Gasteiger partial charge < -0.3 is 15.7 Å². The van der Waals surface area contributed by atoms with Gasteiger partial charge in [-0.25, -0.2) is 4.79 Å². The van der Waals surface area contributed by atoms with E-state index in [4.69, 9.17) is 5.73 Å². The van der Waals surface area contributed by atoms with Crippen molar-refractivity contribution in [3.8, 4) is 0 Å². The average Bonchev–Trinajstić information content (AvgIpc) is 2.92. The monoisotopic (exact) mass is 290 g/mol. The molecule has 2 rings (SSSR count). The highest BCUT2D eigenvalue weighted by molar-refractivity contribution is 5.99. The van der Waals surface area contributed by atoms with Crippen LogP contribution >= 0.6 is 0 Å². The number of benzene rings is 1. The molecule has 1 unspecified atom stereocenters. The number of amides is 1. The normalized spacial score (nSPS) is 21.5. The smallest absolute Gasteiger partial charge is 0.329 e. The summed E-state index contributed by atoms with van der Waals surface area (Å²) < 4.78 is 0. The van der Waals surface area contributed by atoms with Gasteiger partial charge in [-0.3, -0.25) is 4.79 Å². The van der Waals surface area contributed by atoms with Crippen LogP contribution in [-0.2, 0) is 11.2 Å². The van der Waals surface area contributed by atoms with Crippen molar-refractivity contribution >= 4 is 11.9 Å². The van der Waals surface area contributed by atoms with Crippen LogP contribution in [0.15, 0.2) is 24.3 Å². The number of nitrogens with two attached hydrogens (primary N) is 1. The van der Waals surface area contributed by atoms with E-state index in [1.54, 1.807) is 12.1 Å². The van der Waals surface area contributed by atoms with Crippen molar-refractivity contribution in [3.63, 3.8) is 0 Å². The Kier molecular flexibility index (Phi) is 4.63. The van der Waals surface area contributed by atoms with Crippen molar-refractivity contribution in [3.05, 3.63) is 35.4 Å². The number of nitrogens with zero attached hydrogens (tertiary/aromatic N) is 1. The SMILES string of the molecule is CCC1(C(=O)O)CCCN1C(=O)c1ccccc1CCN. The van der Waals surface area contributed by atoms with Gasteiger partial charge in [-0.05, 0) is 43.9 Å². The van der Waals surface area contributed by atoms with Crippen LogP contribution in [0, 0.1) is 0 Å². The molecule has 1 fully saturated rings. The van der Waals surface area contributed by atoms with Crippen molar-refractivity contribution in [1.29, 1.82) is 0 Å². The summed E-state index contributed by atoms with van der Waals surface area (Å²) in [6, 6.07) is 7.31. The molecule has 1 aromatic carbocycles. The molecule has 0 aromatic heterocycles. The maximum Gasteiger partial charge on any atom is 0.329 e. The number of carboxylic acid groups (broad SMARTS) is 1. The summed E-state index contributed by atoms with van der Waals surface area (Å²) in [4.78, 5) is 26.1. The average molecular weight is 290 g/mol. The Hall–Kier alpha value is -1.88. The van der Waals surface area contributed by atoms with Gasteiger partial charge in [0.15, 0.2) is 0 Å². The lowest BCUT2D eigenvalue weighted by Gasteiger charge is -2.34. The second-order valence-corrected chi connectivity index (χ2v) is 5.45. The Morgan fingerprint density at radius 2 is 2.10 bits per heavy atom. The molecule has 1 aliphatic rings. The van der Waals surface area contributed by atoms with Gasteiger partial charge in [0.25, 0.3) is 5.91 Å². The molecule has 1 aliphatic heterocycles. The van der Waals surface area contributed by atoms with E-state index < -0.39 is 11.5 Å². The molecule has 21 heavy (non-hydrogen) atoms. The Morgan fingerprint density at radius 1 is 1.38 bits per heavy atom. The van der Waals surface area contributed by atoms with Gasteiger partial charge in [0.05, 0.1) is 0 Å². The zero-order valence-corrected chi connectivity index (χ0v) is 12.3. The molecule has 0 aliphatic carbocycles. The summed E-state index contributed by atoms with van der Waals surface area (Å²) in [5.41, 5.74) is 5.98. The summed E-state index contributed by atoms with van der Waals surface area (Å²) in [5.74, 6) is -1.10. The van der Waals surface area contributed by atoms with E-state index >= 15 is 0 Å². The number of rotatable bonds is 5. The van der Waals surface area contributed by atoms with Crippen LogP contribution < -0.4 is 5.73 Å². The Morgan fingerprint density at radius 3 is 2.71 bits per heavy atom. The molecule has 1 amide bonds. The minimum atomic E-state index is -1.06. The summed E-state index contributed by atoms with van der Waals surface area (Å²) in [7, 11) is 0. The van der Waals surface area contributed by atoms with Gasteiger partial charge in [0, 0.05) is 12.1 Å². The quantitative estimate of drug-likeness (QED) is 0.863. The van der Waals surface area contributed by atoms with Crippen LogP contribution in [0.4, 0.5) is 0 Å². The standard InChI is InChI=1S/C16H22N2O3/c1-2-16(15(20)21)9-5-11-18(16)14(19)13-7-4-3-6-12(13)8-10-17/h3-4,6-7H,2,5,8-11,17H2,1H3,(H,20,21). The van der Waals surface area contributed by atoms with Crippen molar-refractivity contribution < 1.29 is 14.7 Å². The number of aliphatic carboxylic acids is 1. The van der Waals surface area contributed by atoms with Crippen LogP contribution in [0.3, 0.4) is 0 Å². The number of hydrogen-bond acceptors (Lipinski definition) is 3. The highest BCUT2D eigenvalue weighted by atomic mass is 16.4. The molecule has 1 saturated heterocycles. The van der Waals surface area contributed by atoms with E-state index in [0.29, 0.717) is 37.9 Å². The van der Waals surface area contributed by atoms with Gasteiger partial charge >= 0.3 is 5.97 Å². The summed E-state index contributed by atoms with van der Waals surface area (Å²) >= 11 is 0. The van der Waals surface area contributed by atoms with Crippen LogP contribution in [-0.4, -0.2) is 40.5 Å². The van der Waals surface area contributed by atoms with Crippen molar-refractivity contribution in [2.75, 3.05) is 13.1 Å². The fraction of sp³-hybridized carbons (Fsp3) is 0.500. The molecule has 0 saturated carbocycles. The fourth-order valence-electron chi connectivity index (χ4n) is 3.16. The van der Waals surface area contributed by atoms with Crippen LogP contribution in [0.25, 0.3) is 0 Å². The van der Waals surface area contributed by atoms with E-state index in [1.807, 2.05) is 19.1 Å². The largest absolute Gasteiger partial charge is 0.479 e. The molecule has 5 nitrogen and oxygen atoms in total. The molecule has 114 valence electrons. The van der Waals surface area contributed by atoms with Gasteiger partial charge in [0.1, 0.15) is 5.54 Å². The fourth-order valence-corrected chi connectivity index (χ4v) is 3.16. The summed E-state index contributed by atoms with van der Waals surface area (Å²) in [6.45, 7) is 2.78. The van der Waals surface area contributed by atoms with Crippen molar-refractivity contribution in [2.24, 2.45) is 5.73 Å². The number of carbonyl (C=O) groups is 2. The highest BCUT2D eigenvalue weighted by Crippen LogP contribution is 2.34. The third kappa shape index (κ3) is 2.65. The number of likely N-dealkylation sites (tertiary alicyclic amines) is 1. The van der Waals surface area contributed by atoms with Crippen LogP contribution in [0.1, 0.15) is 42.1 Å². The van der Waals surface area contributed by atoms with E-state index in [2.05, 4.69) is 0 Å². The molecular weight excluding hydrogens is 268 g/mol. The first-order chi connectivity index (χ1) is 10.1. The number of hydrogen-bond donors (Lipinski definition) is 2. The third-order valence-electron chi connectivity index (χ3n) is 4.38. The predicted molar refractivity (Wildman–Crippen MR) is 80.1 cm³/mol. The molecular formula is C16H22N2O3. The predicted octanol–water partition coefficient (Wildman–Crippen LogP) is 1.66. The Balaban J connectivity index is 2.37. The second-order valence-electron chi connectivity index (χ2n) is 5.45. The first kappa shape index (κ1) is 15.5. The van der Waals surface area contributed by atoms with E-state index in [9.17, 15) is 14.7 Å². The van der Waals surface area contributed by atoms with Crippen LogP contribution in [0.2, 0.25) is 0 Å². The second kappa shape index (κ2) is 6.26. The maximum absolute atomic E-state index is 12.8. The highest BCUT2D eigenvalue weighted by Gasteiger charge is 2.48. The Bertz CT molecular complexity index is 544. The molecule has 5 heteroatoms. The lowest BCUT2D eigenvalue weighted by atomic mass is 9.92. The van der Waals surface area contributed by atoms with E-state index in [-0.39, 0.29) is 5.91 Å². The third-order valence-corrected chi connectivity index (χ3v) is 4.38. The van der Waals surface area contributed by atoms with Crippen molar-refractivity contribution in [2.45, 2.75) is 38.1 Å². The minimum absolute atomic E-state index is 0.194. The topological polar surface area (TPSA) is 83.6 Å². The minimum Gasteiger partial charge on any atom is -0.479 e. The van der Waals surface area contributed by atoms with E-state index in [1.165, 1.54) is 4.90 Å². The number of carboxylic acids is 1. The van der Waals surface area contributed by atoms with Crippen LogP contribution in [0.5, 0.6) is 0 Å². The molecule has 1 heterocycles. The Labute approximate surface area is 124 Å². The van der Waals surface area contributed by atoms with Gasteiger partial charge in [-0.2, -0.15) is 0 Å². The van der Waals surface area contributed by atoms with Crippen molar-refractivity contribution in [1.82, 2.24) is 4.90 Å². The maximum atomic E-state index is 12.8. The lowest BCUT2D eigenvalue weighted by molar-refractivity contribution is -0.148. The molecule has 0 bridgehead atoms.